The lowest BCUT2D eigenvalue weighted by molar-refractivity contribution is 0.223. The van der Waals surface area contributed by atoms with Crippen LogP contribution in [0.15, 0.2) is 17.5 Å². The molecule has 7 heteroatoms. The van der Waals surface area contributed by atoms with Crippen molar-refractivity contribution >= 4 is 28.2 Å². The Morgan fingerprint density at radius 3 is 2.62 bits per heavy atom. The highest BCUT2D eigenvalue weighted by atomic mass is 32.2. The third-order valence-electron chi connectivity index (χ3n) is 4.17. The fourth-order valence-corrected chi connectivity index (χ4v) is 4.52. The second-order valence-electron chi connectivity index (χ2n) is 7.07. The average molecular weight is 372 g/mol. The Hall–Kier alpha value is -0.920. The molecule has 0 aliphatic carbocycles. The van der Waals surface area contributed by atoms with Gasteiger partial charge in [0, 0.05) is 39.3 Å². The van der Waals surface area contributed by atoms with E-state index in [2.05, 4.69) is 33.0 Å². The molecule has 0 saturated carbocycles. The Morgan fingerprint density at radius 2 is 2.04 bits per heavy atom. The number of rotatable bonds is 7. The third kappa shape index (κ3) is 5.86. The first-order valence-corrected chi connectivity index (χ1v) is 10.8. The molecule has 0 spiro atoms. The molecule has 2 rings (SSSR count). The monoisotopic (exact) mass is 371 g/mol. The van der Waals surface area contributed by atoms with Crippen molar-refractivity contribution in [2.45, 2.75) is 44.4 Å². The number of nitrogens with zero attached hydrogens (tertiary/aromatic N) is 1. The van der Waals surface area contributed by atoms with Crippen molar-refractivity contribution < 1.29 is 9.00 Å². The van der Waals surface area contributed by atoms with Crippen LogP contribution in [-0.2, 0) is 10.8 Å². The molecular weight excluding hydrogens is 342 g/mol. The molecule has 5 nitrogen and oxygen atoms in total. The fraction of sp³-hybridized carbons (Fsp3) is 0.706. The summed E-state index contributed by atoms with van der Waals surface area (Å²) < 4.78 is 11.7. The molecule has 1 aromatic rings. The Labute approximate surface area is 151 Å². The first-order valence-electron chi connectivity index (χ1n) is 8.55. The summed E-state index contributed by atoms with van der Waals surface area (Å²) in [4.78, 5) is 15.8. The molecule has 1 aromatic heterocycles. The zero-order valence-corrected chi connectivity index (χ0v) is 16.5. The van der Waals surface area contributed by atoms with Crippen LogP contribution in [0, 0.1) is 0 Å². The summed E-state index contributed by atoms with van der Waals surface area (Å²) in [5.41, 5.74) is 0. The normalized spacial score (nSPS) is 18.3. The first-order chi connectivity index (χ1) is 11.4. The molecule has 0 radical (unpaired) electrons. The van der Waals surface area contributed by atoms with Gasteiger partial charge in [0.05, 0.1) is 6.04 Å². The smallest absolute Gasteiger partial charge is 0.314 e. The summed E-state index contributed by atoms with van der Waals surface area (Å²) in [6.45, 7) is 9.07. The Morgan fingerprint density at radius 1 is 1.33 bits per heavy atom. The quantitative estimate of drug-likeness (QED) is 0.775. The van der Waals surface area contributed by atoms with Crippen LogP contribution < -0.4 is 10.6 Å². The molecule has 1 aliphatic rings. The number of carbonyl (C=O) groups is 1. The van der Waals surface area contributed by atoms with Gasteiger partial charge in [0.1, 0.15) is 0 Å². The largest absolute Gasteiger partial charge is 0.337 e. The van der Waals surface area contributed by atoms with E-state index >= 15 is 0 Å². The number of hydrogen-bond donors (Lipinski definition) is 2. The van der Waals surface area contributed by atoms with Crippen molar-refractivity contribution in [1.82, 2.24) is 15.5 Å². The SMILES string of the molecule is CC(C)(C)S(=O)CCNC(=O)NCC(c1cccs1)N1CCCC1. The van der Waals surface area contributed by atoms with E-state index < -0.39 is 10.8 Å². The lowest BCUT2D eigenvalue weighted by atomic mass is 10.2. The molecule has 0 bridgehead atoms. The van der Waals surface area contributed by atoms with Crippen LogP contribution in [0.5, 0.6) is 0 Å². The predicted molar refractivity (Wildman–Crippen MR) is 102 cm³/mol. The molecule has 1 saturated heterocycles. The second-order valence-corrected chi connectivity index (χ2v) is 10.4. The lowest BCUT2D eigenvalue weighted by Crippen LogP contribution is -2.43. The van der Waals surface area contributed by atoms with Gasteiger partial charge in [-0.05, 0) is 58.1 Å². The Balaban J connectivity index is 1.77. The van der Waals surface area contributed by atoms with Crippen LogP contribution in [0.3, 0.4) is 0 Å². The summed E-state index contributed by atoms with van der Waals surface area (Å²) in [7, 11) is -0.942. The zero-order valence-electron chi connectivity index (χ0n) is 14.8. The highest BCUT2D eigenvalue weighted by Gasteiger charge is 2.24. The number of urea groups is 1. The van der Waals surface area contributed by atoms with Crippen molar-refractivity contribution in [3.05, 3.63) is 22.4 Å². The van der Waals surface area contributed by atoms with Crippen molar-refractivity contribution in [3.8, 4) is 0 Å². The van der Waals surface area contributed by atoms with Gasteiger partial charge < -0.3 is 10.6 Å². The second kappa shape index (κ2) is 8.97. The lowest BCUT2D eigenvalue weighted by Gasteiger charge is -2.27. The summed E-state index contributed by atoms with van der Waals surface area (Å²) in [6, 6.07) is 4.27. The van der Waals surface area contributed by atoms with Crippen molar-refractivity contribution in [2.75, 3.05) is 31.9 Å². The van der Waals surface area contributed by atoms with Gasteiger partial charge in [0.15, 0.2) is 0 Å². The van der Waals surface area contributed by atoms with E-state index in [1.54, 1.807) is 11.3 Å². The summed E-state index contributed by atoms with van der Waals surface area (Å²) in [6.07, 6.45) is 2.46. The molecule has 0 aromatic carbocycles. The molecule has 2 atom stereocenters. The standard InChI is InChI=1S/C17H29N3O2S2/c1-17(2,3)24(22)12-8-18-16(21)19-13-14(15-7-6-11-23-15)20-9-4-5-10-20/h6-7,11,14H,4-5,8-10,12-13H2,1-3H3,(H2,18,19,21). The van der Waals surface area contributed by atoms with Gasteiger partial charge in [0.25, 0.3) is 0 Å². The van der Waals surface area contributed by atoms with Crippen LogP contribution in [0.25, 0.3) is 0 Å². The number of hydrogen-bond acceptors (Lipinski definition) is 4. The maximum Gasteiger partial charge on any atom is 0.314 e. The highest BCUT2D eigenvalue weighted by molar-refractivity contribution is 7.86. The Bertz CT molecular complexity index is 535. The minimum atomic E-state index is -0.942. The maximum absolute atomic E-state index is 12.0. The number of amides is 2. The van der Waals surface area contributed by atoms with Gasteiger partial charge >= 0.3 is 6.03 Å². The maximum atomic E-state index is 12.0. The number of thiophene rings is 1. The molecule has 2 N–H and O–H groups in total. The van der Waals surface area contributed by atoms with Crippen molar-refractivity contribution in [1.29, 1.82) is 0 Å². The molecule has 2 amide bonds. The molecular formula is C17H29N3O2S2. The molecule has 1 fully saturated rings. The van der Waals surface area contributed by atoms with Gasteiger partial charge in [-0.15, -0.1) is 11.3 Å². The third-order valence-corrected chi connectivity index (χ3v) is 7.08. The van der Waals surface area contributed by atoms with Crippen molar-refractivity contribution in [3.63, 3.8) is 0 Å². The van der Waals surface area contributed by atoms with E-state index in [1.165, 1.54) is 17.7 Å². The van der Waals surface area contributed by atoms with Gasteiger partial charge in [0.2, 0.25) is 0 Å². The summed E-state index contributed by atoms with van der Waals surface area (Å²) in [5, 5.41) is 7.88. The van der Waals surface area contributed by atoms with E-state index in [-0.39, 0.29) is 16.8 Å². The molecule has 136 valence electrons. The van der Waals surface area contributed by atoms with Crippen LogP contribution in [0.4, 0.5) is 4.79 Å². The van der Waals surface area contributed by atoms with Crippen LogP contribution in [0.2, 0.25) is 0 Å². The van der Waals surface area contributed by atoms with E-state index in [1.807, 2.05) is 20.8 Å². The number of nitrogens with one attached hydrogen (secondary N) is 2. The number of likely N-dealkylation sites (tertiary alicyclic amines) is 1. The molecule has 1 aliphatic heterocycles. The van der Waals surface area contributed by atoms with E-state index in [4.69, 9.17) is 0 Å². The average Bonchev–Trinajstić information content (AvgIpc) is 3.20. The van der Waals surface area contributed by atoms with Gasteiger partial charge in [-0.1, -0.05) is 6.07 Å². The van der Waals surface area contributed by atoms with Crippen LogP contribution in [-0.4, -0.2) is 51.8 Å². The van der Waals surface area contributed by atoms with Gasteiger partial charge in [-0.25, -0.2) is 4.79 Å². The summed E-state index contributed by atoms with van der Waals surface area (Å²) in [5.74, 6) is 0.484. The summed E-state index contributed by atoms with van der Waals surface area (Å²) >= 11 is 1.74. The van der Waals surface area contributed by atoms with Gasteiger partial charge in [-0.3, -0.25) is 9.11 Å². The Kier molecular flexibility index (Phi) is 7.25. The first kappa shape index (κ1) is 19.4. The van der Waals surface area contributed by atoms with E-state index in [0.717, 1.165) is 13.1 Å². The van der Waals surface area contributed by atoms with Crippen LogP contribution >= 0.6 is 11.3 Å². The van der Waals surface area contributed by atoms with Gasteiger partial charge in [-0.2, -0.15) is 0 Å². The molecule has 24 heavy (non-hydrogen) atoms. The van der Waals surface area contributed by atoms with E-state index in [9.17, 15) is 9.00 Å². The predicted octanol–water partition coefficient (Wildman–Crippen LogP) is 2.73. The molecule has 2 heterocycles. The minimum Gasteiger partial charge on any atom is -0.337 e. The minimum absolute atomic E-state index is 0.179. The topological polar surface area (TPSA) is 61.4 Å². The fourth-order valence-electron chi connectivity index (χ4n) is 2.76. The molecule has 2 unspecified atom stereocenters. The highest BCUT2D eigenvalue weighted by Crippen LogP contribution is 2.27. The van der Waals surface area contributed by atoms with E-state index in [0.29, 0.717) is 18.8 Å². The van der Waals surface area contributed by atoms with Crippen molar-refractivity contribution in [2.24, 2.45) is 0 Å². The van der Waals surface area contributed by atoms with Crippen LogP contribution in [0.1, 0.15) is 44.5 Å². The zero-order chi connectivity index (χ0) is 17.6. The number of carbonyl (C=O) groups excluding carboxylic acids is 1.